The molecule has 0 saturated carbocycles. The van der Waals surface area contributed by atoms with E-state index in [0.717, 1.165) is 0 Å². The molecule has 0 aromatic carbocycles. The van der Waals surface area contributed by atoms with Crippen LogP contribution in [-0.2, 0) is 4.74 Å². The van der Waals surface area contributed by atoms with Crippen LogP contribution in [0.5, 0.6) is 0 Å². The van der Waals surface area contributed by atoms with E-state index in [-0.39, 0.29) is 0 Å². The van der Waals surface area contributed by atoms with Crippen LogP contribution in [0, 0.1) is 0 Å². The summed E-state index contributed by atoms with van der Waals surface area (Å²) in [6.45, 7) is 0. The first kappa shape index (κ1) is 13.1. The van der Waals surface area contributed by atoms with E-state index in [1.807, 2.05) is 0 Å². The van der Waals surface area contributed by atoms with Crippen molar-refractivity contribution < 1.29 is 4.74 Å². The van der Waals surface area contributed by atoms with Gasteiger partial charge in [-0.2, -0.15) is 0 Å². The van der Waals surface area contributed by atoms with Crippen molar-refractivity contribution in [2.45, 2.75) is 89.3 Å². The highest BCUT2D eigenvalue weighted by Crippen LogP contribution is 2.31. The SMILES string of the molecule is C1=CCCCCCC[C@H]2O[C@@H]2CCCCCC1. The third-order valence-electron chi connectivity index (χ3n) is 4.07. The average molecular weight is 236 g/mol. The van der Waals surface area contributed by atoms with Gasteiger partial charge in [-0.25, -0.2) is 0 Å². The predicted octanol–water partition coefficient (Wildman–Crippen LogP) is 5.00. The molecule has 0 N–H and O–H groups in total. The van der Waals surface area contributed by atoms with Gasteiger partial charge in [-0.15, -0.1) is 0 Å². The van der Waals surface area contributed by atoms with E-state index in [1.54, 1.807) is 0 Å². The number of hydrogen-bond donors (Lipinski definition) is 0. The molecule has 1 saturated heterocycles. The molecule has 0 amide bonds. The minimum Gasteiger partial charge on any atom is -0.370 e. The van der Waals surface area contributed by atoms with E-state index in [4.69, 9.17) is 4.74 Å². The molecule has 0 aromatic heterocycles. The standard InChI is InChI=1S/C16H28O/c1-2-4-6-8-10-12-14-16-15(17-16)13-11-9-7-5-3-1/h1-2,15-16H,3-14H2/t15-,16-/m1/s1. The fourth-order valence-electron chi connectivity index (χ4n) is 2.85. The lowest BCUT2D eigenvalue weighted by atomic mass is 10.0. The number of hydrogen-bond acceptors (Lipinski definition) is 1. The van der Waals surface area contributed by atoms with E-state index in [2.05, 4.69) is 12.2 Å². The van der Waals surface area contributed by atoms with Crippen LogP contribution in [0.15, 0.2) is 12.2 Å². The predicted molar refractivity (Wildman–Crippen MR) is 73.2 cm³/mol. The molecule has 1 fully saturated rings. The Bertz CT molecular complexity index is 200. The van der Waals surface area contributed by atoms with Crippen molar-refractivity contribution in [1.29, 1.82) is 0 Å². The van der Waals surface area contributed by atoms with Gasteiger partial charge in [-0.1, -0.05) is 50.7 Å². The zero-order chi connectivity index (χ0) is 11.8. The molecule has 1 aliphatic heterocycles. The Hall–Kier alpha value is -0.300. The topological polar surface area (TPSA) is 12.5 Å². The minimum absolute atomic E-state index is 0.641. The number of rotatable bonds is 0. The van der Waals surface area contributed by atoms with Gasteiger partial charge >= 0.3 is 0 Å². The fraction of sp³-hybridized carbons (Fsp3) is 0.875. The first-order valence-corrected chi connectivity index (χ1v) is 7.77. The van der Waals surface area contributed by atoms with Crippen molar-refractivity contribution in [3.8, 4) is 0 Å². The van der Waals surface area contributed by atoms with Gasteiger partial charge in [0.25, 0.3) is 0 Å². The first-order valence-electron chi connectivity index (χ1n) is 7.77. The Kier molecular flexibility index (Phi) is 6.12. The molecule has 0 radical (unpaired) electrons. The summed E-state index contributed by atoms with van der Waals surface area (Å²) >= 11 is 0. The summed E-state index contributed by atoms with van der Waals surface area (Å²) in [6.07, 6.45) is 22.4. The van der Waals surface area contributed by atoms with Crippen molar-refractivity contribution in [3.63, 3.8) is 0 Å². The van der Waals surface area contributed by atoms with E-state index < -0.39 is 0 Å². The molecule has 0 bridgehead atoms. The molecule has 1 aliphatic carbocycles. The van der Waals surface area contributed by atoms with E-state index in [9.17, 15) is 0 Å². The molecule has 1 nitrogen and oxygen atoms in total. The highest BCUT2D eigenvalue weighted by Gasteiger charge is 2.36. The van der Waals surface area contributed by atoms with Crippen LogP contribution in [-0.4, -0.2) is 12.2 Å². The maximum Gasteiger partial charge on any atom is 0.0841 e. The van der Waals surface area contributed by atoms with Crippen molar-refractivity contribution in [3.05, 3.63) is 12.2 Å². The van der Waals surface area contributed by atoms with Gasteiger partial charge in [0.15, 0.2) is 0 Å². The van der Waals surface area contributed by atoms with Crippen molar-refractivity contribution >= 4 is 0 Å². The summed E-state index contributed by atoms with van der Waals surface area (Å²) < 4.78 is 5.73. The average Bonchev–Trinajstić information content (AvgIpc) is 3.07. The third kappa shape index (κ3) is 5.72. The van der Waals surface area contributed by atoms with Gasteiger partial charge in [-0.3, -0.25) is 0 Å². The van der Waals surface area contributed by atoms with E-state index in [0.29, 0.717) is 12.2 Å². The summed E-state index contributed by atoms with van der Waals surface area (Å²) in [7, 11) is 0. The zero-order valence-corrected chi connectivity index (χ0v) is 11.2. The number of fused-ring (bicyclic) bond motifs is 1. The van der Waals surface area contributed by atoms with Crippen LogP contribution in [0.25, 0.3) is 0 Å². The molecule has 1 heterocycles. The molecule has 2 aliphatic rings. The molecule has 0 aromatic rings. The molecule has 0 unspecified atom stereocenters. The molecular formula is C16H28O. The molecule has 2 rings (SSSR count). The van der Waals surface area contributed by atoms with Crippen LogP contribution in [0.3, 0.4) is 0 Å². The summed E-state index contributed by atoms with van der Waals surface area (Å²) in [6, 6.07) is 0. The highest BCUT2D eigenvalue weighted by molar-refractivity contribution is 4.85. The second-order valence-electron chi connectivity index (χ2n) is 5.67. The van der Waals surface area contributed by atoms with Crippen LogP contribution in [0.1, 0.15) is 77.0 Å². The maximum atomic E-state index is 5.73. The molecule has 17 heavy (non-hydrogen) atoms. The Labute approximate surface area is 107 Å². The van der Waals surface area contributed by atoms with Crippen molar-refractivity contribution in [1.82, 2.24) is 0 Å². The zero-order valence-electron chi connectivity index (χ0n) is 11.2. The first-order chi connectivity index (χ1) is 8.47. The Morgan fingerprint density at radius 2 is 1.06 bits per heavy atom. The smallest absolute Gasteiger partial charge is 0.0841 e. The molecular weight excluding hydrogens is 208 g/mol. The second kappa shape index (κ2) is 7.92. The van der Waals surface area contributed by atoms with Crippen LogP contribution in [0.2, 0.25) is 0 Å². The normalized spacial score (nSPS) is 32.9. The largest absolute Gasteiger partial charge is 0.370 e. The number of ether oxygens (including phenoxy) is 1. The highest BCUT2D eigenvalue weighted by atomic mass is 16.6. The Balaban J connectivity index is 1.63. The van der Waals surface area contributed by atoms with Crippen LogP contribution >= 0.6 is 0 Å². The lowest BCUT2D eigenvalue weighted by Crippen LogP contribution is -1.95. The number of epoxide rings is 1. The quantitative estimate of drug-likeness (QED) is 0.425. The fourth-order valence-corrected chi connectivity index (χ4v) is 2.85. The number of allylic oxidation sites excluding steroid dienone is 2. The Morgan fingerprint density at radius 3 is 1.59 bits per heavy atom. The summed E-state index contributed by atoms with van der Waals surface area (Å²) in [5, 5.41) is 0. The second-order valence-corrected chi connectivity index (χ2v) is 5.67. The molecule has 1 heteroatoms. The molecule has 2 atom stereocenters. The Morgan fingerprint density at radius 1 is 0.588 bits per heavy atom. The summed E-state index contributed by atoms with van der Waals surface area (Å²) in [4.78, 5) is 0. The molecule has 0 spiro atoms. The van der Waals surface area contributed by atoms with E-state index in [1.165, 1.54) is 77.0 Å². The van der Waals surface area contributed by atoms with Gasteiger partial charge in [0.1, 0.15) is 0 Å². The monoisotopic (exact) mass is 236 g/mol. The van der Waals surface area contributed by atoms with Gasteiger partial charge < -0.3 is 4.74 Å². The summed E-state index contributed by atoms with van der Waals surface area (Å²) in [5.74, 6) is 0. The van der Waals surface area contributed by atoms with Gasteiger partial charge in [0, 0.05) is 0 Å². The maximum absolute atomic E-state index is 5.73. The molecule has 98 valence electrons. The third-order valence-corrected chi connectivity index (χ3v) is 4.07. The lowest BCUT2D eigenvalue weighted by Gasteiger charge is -2.01. The van der Waals surface area contributed by atoms with Crippen molar-refractivity contribution in [2.75, 3.05) is 0 Å². The minimum atomic E-state index is 0.641. The van der Waals surface area contributed by atoms with Crippen LogP contribution in [0.4, 0.5) is 0 Å². The van der Waals surface area contributed by atoms with Crippen LogP contribution < -0.4 is 0 Å². The van der Waals surface area contributed by atoms with Crippen molar-refractivity contribution in [2.24, 2.45) is 0 Å². The van der Waals surface area contributed by atoms with Gasteiger partial charge in [-0.05, 0) is 38.5 Å². The van der Waals surface area contributed by atoms with Gasteiger partial charge in [0.05, 0.1) is 12.2 Å². The lowest BCUT2D eigenvalue weighted by molar-refractivity contribution is 0.348. The summed E-state index contributed by atoms with van der Waals surface area (Å²) in [5.41, 5.74) is 0. The van der Waals surface area contributed by atoms with Gasteiger partial charge in [0.2, 0.25) is 0 Å². The van der Waals surface area contributed by atoms with E-state index >= 15 is 0 Å².